The Bertz CT molecular complexity index is 530. The van der Waals surface area contributed by atoms with Crippen LogP contribution in [0.5, 0.6) is 0 Å². The van der Waals surface area contributed by atoms with Crippen LogP contribution in [0.4, 0.5) is 0 Å². The second kappa shape index (κ2) is 6.25. The van der Waals surface area contributed by atoms with Gasteiger partial charge in [-0.05, 0) is 36.8 Å². The summed E-state index contributed by atoms with van der Waals surface area (Å²) in [6.07, 6.45) is 3.88. The van der Waals surface area contributed by atoms with Crippen LogP contribution in [0.2, 0.25) is 5.02 Å². The van der Waals surface area contributed by atoms with E-state index in [0.29, 0.717) is 22.9 Å². The van der Waals surface area contributed by atoms with Crippen LogP contribution in [-0.2, 0) is 15.6 Å². The van der Waals surface area contributed by atoms with Crippen molar-refractivity contribution >= 4 is 21.4 Å². The quantitative estimate of drug-likeness (QED) is 0.909. The summed E-state index contributed by atoms with van der Waals surface area (Å²) in [6, 6.07) is 7.27. The Morgan fingerprint density at radius 1 is 1.26 bits per heavy atom. The van der Waals surface area contributed by atoms with E-state index in [4.69, 9.17) is 17.3 Å². The van der Waals surface area contributed by atoms with Crippen LogP contribution in [0.3, 0.4) is 0 Å². The smallest absolute Gasteiger partial charge is 0.154 e. The maximum atomic E-state index is 12.1. The summed E-state index contributed by atoms with van der Waals surface area (Å²) in [4.78, 5) is 0. The first-order valence-electron chi connectivity index (χ1n) is 6.67. The Morgan fingerprint density at radius 2 is 2.00 bits per heavy atom. The molecule has 1 aromatic carbocycles. The fourth-order valence-electron chi connectivity index (χ4n) is 2.68. The molecule has 1 aliphatic rings. The lowest BCUT2D eigenvalue weighted by Crippen LogP contribution is -2.26. The molecule has 2 unspecified atom stereocenters. The minimum absolute atomic E-state index is 0.0225. The molecular weight excluding hydrogens is 282 g/mol. The molecule has 2 atom stereocenters. The summed E-state index contributed by atoms with van der Waals surface area (Å²) in [6.45, 7) is 0. The van der Waals surface area contributed by atoms with Gasteiger partial charge in [-0.1, -0.05) is 36.2 Å². The van der Waals surface area contributed by atoms with Crippen LogP contribution in [-0.4, -0.2) is 20.2 Å². The van der Waals surface area contributed by atoms with Crippen LogP contribution in [0.25, 0.3) is 0 Å². The van der Waals surface area contributed by atoms with Crippen molar-refractivity contribution in [1.82, 2.24) is 0 Å². The first-order chi connectivity index (χ1) is 8.98. The molecule has 0 spiro atoms. The van der Waals surface area contributed by atoms with E-state index in [0.717, 1.165) is 19.3 Å². The van der Waals surface area contributed by atoms with E-state index in [-0.39, 0.29) is 17.5 Å². The second-order valence-corrected chi connectivity index (χ2v) is 7.92. The van der Waals surface area contributed by atoms with E-state index in [1.807, 2.05) is 6.07 Å². The molecule has 2 rings (SSSR count). The predicted molar refractivity (Wildman–Crippen MR) is 78.9 cm³/mol. The number of halogens is 1. The SMILES string of the molecule is NC1CCCC1CCS(=O)(=O)Cc1ccccc1Cl. The number of sulfone groups is 1. The number of hydrogen-bond acceptors (Lipinski definition) is 3. The molecule has 1 saturated carbocycles. The minimum atomic E-state index is -3.11. The highest BCUT2D eigenvalue weighted by Crippen LogP contribution is 2.28. The topological polar surface area (TPSA) is 60.2 Å². The first-order valence-corrected chi connectivity index (χ1v) is 8.87. The maximum absolute atomic E-state index is 12.1. The highest BCUT2D eigenvalue weighted by molar-refractivity contribution is 7.90. The van der Waals surface area contributed by atoms with Gasteiger partial charge in [0.2, 0.25) is 0 Å². The highest BCUT2D eigenvalue weighted by Gasteiger charge is 2.25. The summed E-state index contributed by atoms with van der Waals surface area (Å²) in [5.74, 6) is 0.589. The maximum Gasteiger partial charge on any atom is 0.154 e. The largest absolute Gasteiger partial charge is 0.327 e. The molecule has 3 nitrogen and oxygen atoms in total. The van der Waals surface area contributed by atoms with Crippen molar-refractivity contribution in [2.45, 2.75) is 37.5 Å². The van der Waals surface area contributed by atoms with Gasteiger partial charge in [0, 0.05) is 11.1 Å². The van der Waals surface area contributed by atoms with Gasteiger partial charge in [0.25, 0.3) is 0 Å². The lowest BCUT2D eigenvalue weighted by Gasteiger charge is -2.15. The molecule has 0 radical (unpaired) electrons. The van der Waals surface area contributed by atoms with E-state index < -0.39 is 9.84 Å². The minimum Gasteiger partial charge on any atom is -0.327 e. The Hall–Kier alpha value is -0.580. The van der Waals surface area contributed by atoms with Crippen molar-refractivity contribution in [2.75, 3.05) is 5.75 Å². The Labute approximate surface area is 120 Å². The molecule has 0 saturated heterocycles. The molecule has 1 aromatic rings. The molecular formula is C14H20ClNO2S. The van der Waals surface area contributed by atoms with Crippen molar-refractivity contribution in [2.24, 2.45) is 11.7 Å². The van der Waals surface area contributed by atoms with Gasteiger partial charge in [-0.15, -0.1) is 0 Å². The molecule has 5 heteroatoms. The zero-order valence-electron chi connectivity index (χ0n) is 10.9. The fourth-order valence-corrected chi connectivity index (χ4v) is 4.49. The van der Waals surface area contributed by atoms with Crippen LogP contribution in [0.15, 0.2) is 24.3 Å². The molecule has 19 heavy (non-hydrogen) atoms. The van der Waals surface area contributed by atoms with Gasteiger partial charge < -0.3 is 5.73 Å². The Kier molecular flexibility index (Phi) is 4.87. The van der Waals surface area contributed by atoms with Crippen molar-refractivity contribution in [3.63, 3.8) is 0 Å². The average Bonchev–Trinajstić information content (AvgIpc) is 2.75. The first kappa shape index (κ1) is 14.8. The lowest BCUT2D eigenvalue weighted by molar-refractivity contribution is 0.464. The van der Waals surface area contributed by atoms with Gasteiger partial charge in [0.1, 0.15) is 0 Å². The van der Waals surface area contributed by atoms with E-state index in [9.17, 15) is 8.42 Å². The summed E-state index contributed by atoms with van der Waals surface area (Å²) >= 11 is 6.00. The molecule has 2 N–H and O–H groups in total. The highest BCUT2D eigenvalue weighted by atomic mass is 35.5. The molecule has 106 valence electrons. The second-order valence-electron chi connectivity index (χ2n) is 5.33. The monoisotopic (exact) mass is 301 g/mol. The van der Waals surface area contributed by atoms with Crippen molar-refractivity contribution < 1.29 is 8.42 Å². The van der Waals surface area contributed by atoms with Crippen molar-refractivity contribution in [3.8, 4) is 0 Å². The number of nitrogens with two attached hydrogens (primary N) is 1. The van der Waals surface area contributed by atoms with Gasteiger partial charge in [-0.2, -0.15) is 0 Å². The van der Waals surface area contributed by atoms with Crippen molar-refractivity contribution in [3.05, 3.63) is 34.9 Å². The molecule has 1 aliphatic carbocycles. The van der Waals surface area contributed by atoms with Crippen molar-refractivity contribution in [1.29, 1.82) is 0 Å². The summed E-state index contributed by atoms with van der Waals surface area (Å²) in [5, 5.41) is 0.517. The third kappa shape index (κ3) is 4.20. The van der Waals surface area contributed by atoms with E-state index in [1.165, 1.54) is 0 Å². The summed E-state index contributed by atoms with van der Waals surface area (Å²) in [5.41, 5.74) is 6.65. The molecule has 0 aromatic heterocycles. The molecule has 0 bridgehead atoms. The van der Waals surface area contributed by atoms with Gasteiger partial charge in [0.05, 0.1) is 11.5 Å². The zero-order chi connectivity index (χ0) is 13.9. The van der Waals surface area contributed by atoms with Crippen LogP contribution < -0.4 is 5.73 Å². The summed E-state index contributed by atoms with van der Waals surface area (Å²) < 4.78 is 24.2. The molecule has 0 heterocycles. The molecule has 1 fully saturated rings. The van der Waals surface area contributed by atoms with Crippen LogP contribution >= 0.6 is 11.6 Å². The Balaban J connectivity index is 1.94. The van der Waals surface area contributed by atoms with Gasteiger partial charge in [0.15, 0.2) is 9.84 Å². The van der Waals surface area contributed by atoms with Gasteiger partial charge >= 0.3 is 0 Å². The fraction of sp³-hybridized carbons (Fsp3) is 0.571. The summed E-state index contributed by atoms with van der Waals surface area (Å²) in [7, 11) is -3.11. The average molecular weight is 302 g/mol. The van der Waals surface area contributed by atoms with E-state index in [1.54, 1.807) is 18.2 Å². The van der Waals surface area contributed by atoms with Gasteiger partial charge in [-0.3, -0.25) is 0 Å². The van der Waals surface area contributed by atoms with E-state index >= 15 is 0 Å². The third-order valence-corrected chi connectivity index (χ3v) is 5.83. The normalized spacial score (nSPS) is 23.7. The lowest BCUT2D eigenvalue weighted by atomic mass is 10.0. The zero-order valence-corrected chi connectivity index (χ0v) is 12.5. The number of benzene rings is 1. The standard InChI is InChI=1S/C14H20ClNO2S/c15-13-6-2-1-4-12(13)10-19(17,18)9-8-11-5-3-7-14(11)16/h1-2,4,6,11,14H,3,5,7-10,16H2. The van der Waals surface area contributed by atoms with Crippen LogP contribution in [0.1, 0.15) is 31.2 Å². The van der Waals surface area contributed by atoms with Gasteiger partial charge in [-0.25, -0.2) is 8.42 Å². The van der Waals surface area contributed by atoms with E-state index in [2.05, 4.69) is 0 Å². The Morgan fingerprint density at radius 3 is 2.63 bits per heavy atom. The number of hydrogen-bond donors (Lipinski definition) is 1. The molecule has 0 aliphatic heterocycles. The molecule has 0 amide bonds. The van der Waals surface area contributed by atoms with Crippen LogP contribution in [0, 0.1) is 5.92 Å². The number of rotatable bonds is 5. The third-order valence-electron chi connectivity index (χ3n) is 3.85. The predicted octanol–water partition coefficient (Wildman–Crippen LogP) is 2.77.